The molecule has 0 bridgehead atoms. The molecule has 0 saturated heterocycles. The normalized spacial score (nSPS) is 12.3. The lowest BCUT2D eigenvalue weighted by Gasteiger charge is -2.16. The van der Waals surface area contributed by atoms with Crippen molar-refractivity contribution in [3.8, 4) is 11.8 Å². The lowest BCUT2D eigenvalue weighted by Crippen LogP contribution is -3.12. The highest BCUT2D eigenvalue weighted by atomic mass is 16.5. The van der Waals surface area contributed by atoms with Crippen molar-refractivity contribution < 1.29 is 14.7 Å². The predicted molar refractivity (Wildman–Crippen MR) is 75.7 cm³/mol. The summed E-state index contributed by atoms with van der Waals surface area (Å²) in [5.74, 6) is 6.31. The van der Waals surface area contributed by atoms with E-state index in [0.29, 0.717) is 6.61 Å². The van der Waals surface area contributed by atoms with Gasteiger partial charge in [0.1, 0.15) is 12.6 Å². The molecular formula is C15H30NO2+. The van der Waals surface area contributed by atoms with Crippen molar-refractivity contribution in [2.45, 2.75) is 52.6 Å². The number of nitrogens with one attached hydrogen (secondary N) is 1. The van der Waals surface area contributed by atoms with Gasteiger partial charge in [0, 0.05) is 0 Å². The minimum absolute atomic E-state index is 0.0659. The summed E-state index contributed by atoms with van der Waals surface area (Å²) < 4.78 is 5.30. The van der Waals surface area contributed by atoms with Gasteiger partial charge in [0.2, 0.25) is 0 Å². The molecule has 0 aromatic carbocycles. The van der Waals surface area contributed by atoms with Crippen molar-refractivity contribution in [2.75, 3.05) is 32.8 Å². The van der Waals surface area contributed by atoms with E-state index in [1.807, 2.05) is 6.92 Å². The number of aliphatic hydroxyl groups excluding tert-OH is 1. The Labute approximate surface area is 113 Å². The van der Waals surface area contributed by atoms with E-state index < -0.39 is 0 Å². The van der Waals surface area contributed by atoms with Crippen molar-refractivity contribution in [1.29, 1.82) is 0 Å². The van der Waals surface area contributed by atoms with E-state index in [-0.39, 0.29) is 12.7 Å². The third-order valence-electron chi connectivity index (χ3n) is 2.87. The summed E-state index contributed by atoms with van der Waals surface area (Å²) in [5.41, 5.74) is 0. The van der Waals surface area contributed by atoms with E-state index in [4.69, 9.17) is 9.84 Å². The van der Waals surface area contributed by atoms with Crippen molar-refractivity contribution in [1.82, 2.24) is 0 Å². The van der Waals surface area contributed by atoms with Gasteiger partial charge < -0.3 is 14.7 Å². The molecule has 0 unspecified atom stereocenters. The second-order valence-corrected chi connectivity index (χ2v) is 4.69. The molecule has 0 aliphatic carbocycles. The molecule has 106 valence electrons. The lowest BCUT2D eigenvalue weighted by atomic mass is 10.2. The van der Waals surface area contributed by atoms with Gasteiger partial charge in [0.05, 0.1) is 26.3 Å². The third kappa shape index (κ3) is 10.6. The molecule has 0 aromatic rings. The second-order valence-electron chi connectivity index (χ2n) is 4.69. The topological polar surface area (TPSA) is 33.9 Å². The number of ether oxygens (including phenoxy) is 1. The molecule has 3 heteroatoms. The van der Waals surface area contributed by atoms with Crippen LogP contribution in [0.15, 0.2) is 0 Å². The fraction of sp³-hybridized carbons (Fsp3) is 0.867. The summed E-state index contributed by atoms with van der Waals surface area (Å²) in [5, 5.41) is 8.65. The van der Waals surface area contributed by atoms with Gasteiger partial charge >= 0.3 is 0 Å². The molecule has 2 N–H and O–H groups in total. The molecule has 0 saturated carbocycles. The number of aliphatic hydroxyl groups is 1. The molecule has 1 atom stereocenters. The monoisotopic (exact) mass is 256 g/mol. The summed E-state index contributed by atoms with van der Waals surface area (Å²) >= 11 is 0. The maximum absolute atomic E-state index is 8.65. The summed E-state index contributed by atoms with van der Waals surface area (Å²) in [6.07, 6.45) is 4.97. The van der Waals surface area contributed by atoms with Gasteiger partial charge in [0.25, 0.3) is 0 Å². The smallest absolute Gasteiger partial charge is 0.139 e. The fourth-order valence-electron chi connectivity index (χ4n) is 1.75. The molecule has 18 heavy (non-hydrogen) atoms. The second kappa shape index (κ2) is 12.9. The molecule has 0 amide bonds. The summed E-state index contributed by atoms with van der Waals surface area (Å²) in [4.78, 5) is 1.58. The van der Waals surface area contributed by atoms with Crippen LogP contribution in [0.2, 0.25) is 0 Å². The van der Waals surface area contributed by atoms with Gasteiger partial charge in [-0.25, -0.2) is 0 Å². The molecule has 0 aliphatic rings. The van der Waals surface area contributed by atoms with Crippen LogP contribution in [0.5, 0.6) is 0 Å². The van der Waals surface area contributed by atoms with Crippen LogP contribution in [-0.2, 0) is 4.74 Å². The average Bonchev–Trinajstić information content (AvgIpc) is 2.38. The zero-order valence-electron chi connectivity index (χ0n) is 12.3. The Bertz CT molecular complexity index is 224. The zero-order chi connectivity index (χ0) is 13.6. The number of unbranched alkanes of at least 4 members (excludes halogenated alkanes) is 2. The number of quaternary nitrogens is 1. The Hall–Kier alpha value is -0.560. The maximum Gasteiger partial charge on any atom is 0.139 e. The van der Waals surface area contributed by atoms with E-state index in [2.05, 4.69) is 25.7 Å². The minimum Gasteiger partial charge on any atom is -0.394 e. The van der Waals surface area contributed by atoms with Gasteiger partial charge in [-0.2, -0.15) is 0 Å². The van der Waals surface area contributed by atoms with Crippen LogP contribution in [0.4, 0.5) is 0 Å². The molecule has 0 radical (unpaired) electrons. The van der Waals surface area contributed by atoms with Gasteiger partial charge in [-0.3, -0.25) is 0 Å². The molecule has 3 nitrogen and oxygen atoms in total. The summed E-state index contributed by atoms with van der Waals surface area (Å²) in [6, 6.07) is 0. The maximum atomic E-state index is 8.65. The number of rotatable bonds is 10. The van der Waals surface area contributed by atoms with Crippen molar-refractivity contribution in [3.63, 3.8) is 0 Å². The first-order chi connectivity index (χ1) is 8.74. The number of hydrogen-bond donors (Lipinski definition) is 2. The van der Waals surface area contributed by atoms with E-state index >= 15 is 0 Å². The number of hydrogen-bond acceptors (Lipinski definition) is 2. The molecule has 0 aromatic heterocycles. The minimum atomic E-state index is -0.0734. The van der Waals surface area contributed by atoms with Crippen LogP contribution in [0.1, 0.15) is 46.5 Å². The molecule has 0 fully saturated rings. The van der Waals surface area contributed by atoms with Crippen molar-refractivity contribution >= 4 is 0 Å². The quantitative estimate of drug-likeness (QED) is 0.569. The molecule has 0 heterocycles. The molecule has 0 spiro atoms. The molecule has 0 rings (SSSR count). The van der Waals surface area contributed by atoms with Crippen LogP contribution >= 0.6 is 0 Å². The van der Waals surface area contributed by atoms with Gasteiger partial charge in [-0.15, -0.1) is 0 Å². The van der Waals surface area contributed by atoms with E-state index in [0.717, 1.165) is 6.54 Å². The fourth-order valence-corrected chi connectivity index (χ4v) is 1.75. The van der Waals surface area contributed by atoms with Gasteiger partial charge in [0.15, 0.2) is 0 Å². The van der Waals surface area contributed by atoms with Crippen LogP contribution in [-0.4, -0.2) is 44.1 Å². The van der Waals surface area contributed by atoms with Gasteiger partial charge in [-0.05, 0) is 25.7 Å². The Balaban J connectivity index is 3.94. The summed E-state index contributed by atoms with van der Waals surface area (Å²) in [7, 11) is 0. The van der Waals surface area contributed by atoms with E-state index in [9.17, 15) is 0 Å². The molecular weight excluding hydrogens is 226 g/mol. The van der Waals surface area contributed by atoms with Crippen LogP contribution in [0.3, 0.4) is 0 Å². The van der Waals surface area contributed by atoms with Crippen LogP contribution in [0.25, 0.3) is 0 Å². The van der Waals surface area contributed by atoms with E-state index in [1.165, 1.54) is 38.8 Å². The summed E-state index contributed by atoms with van der Waals surface area (Å²) in [6.45, 7) is 10.2. The van der Waals surface area contributed by atoms with Crippen LogP contribution < -0.4 is 4.90 Å². The highest BCUT2D eigenvalue weighted by Crippen LogP contribution is 1.86. The first-order valence-corrected chi connectivity index (χ1v) is 7.29. The van der Waals surface area contributed by atoms with E-state index in [1.54, 1.807) is 4.90 Å². The van der Waals surface area contributed by atoms with Crippen molar-refractivity contribution in [3.05, 3.63) is 0 Å². The highest BCUT2D eigenvalue weighted by Gasteiger charge is 2.05. The van der Waals surface area contributed by atoms with Gasteiger partial charge in [-0.1, -0.05) is 32.6 Å². The third-order valence-corrected chi connectivity index (χ3v) is 2.87. The first kappa shape index (κ1) is 17.4. The van der Waals surface area contributed by atoms with Crippen LogP contribution in [0, 0.1) is 11.8 Å². The first-order valence-electron chi connectivity index (χ1n) is 7.29. The molecule has 0 aliphatic heterocycles. The standard InChI is InChI=1S/C15H29NO2/c1-4-6-10-16(11-7-5-2)12-8-9-15(3)18-14-13-17/h15,17H,4-7,10-14H2,1-3H3/p+1/t15-/m0/s1. The lowest BCUT2D eigenvalue weighted by molar-refractivity contribution is -0.893. The average molecular weight is 256 g/mol. The highest BCUT2D eigenvalue weighted by molar-refractivity contribution is 5.03. The largest absolute Gasteiger partial charge is 0.394 e. The SMILES string of the molecule is CCCC[NH+](CC#C[C@H](C)OCCO)CCCC. The Morgan fingerprint density at radius 2 is 1.78 bits per heavy atom. The predicted octanol–water partition coefficient (Wildman–Crippen LogP) is 0.872. The zero-order valence-corrected chi connectivity index (χ0v) is 12.3. The Morgan fingerprint density at radius 1 is 1.17 bits per heavy atom. The Kier molecular flexibility index (Phi) is 12.5. The Morgan fingerprint density at radius 3 is 2.28 bits per heavy atom. The van der Waals surface area contributed by atoms with Crippen molar-refractivity contribution in [2.24, 2.45) is 0 Å².